The lowest BCUT2D eigenvalue weighted by atomic mass is 9.76. The second kappa shape index (κ2) is 13.5. The molecular formula is C33H45NO6. The molecule has 2 aromatic carbocycles. The largest absolute Gasteiger partial charge is 0.478 e. The quantitative estimate of drug-likeness (QED) is 0.243. The van der Waals surface area contributed by atoms with Gasteiger partial charge in [-0.3, -0.25) is 0 Å². The Morgan fingerprint density at radius 1 is 0.650 bits per heavy atom. The third kappa shape index (κ3) is 6.13. The Hall–Kier alpha value is -3.09. The van der Waals surface area contributed by atoms with Crippen molar-refractivity contribution >= 4 is 34.4 Å². The lowest BCUT2D eigenvalue weighted by Crippen LogP contribution is -2.51. The molecule has 7 nitrogen and oxygen atoms in total. The summed E-state index contributed by atoms with van der Waals surface area (Å²) in [7, 11) is 0. The Balaban J connectivity index is 2.07. The van der Waals surface area contributed by atoms with Gasteiger partial charge < -0.3 is 20.2 Å². The Bertz CT molecular complexity index is 1160. The van der Waals surface area contributed by atoms with Crippen LogP contribution in [0.1, 0.15) is 135 Å². The summed E-state index contributed by atoms with van der Waals surface area (Å²) in [5.41, 5.74) is 0.302. The number of rotatable bonds is 12. The van der Waals surface area contributed by atoms with E-state index in [0.29, 0.717) is 17.5 Å². The summed E-state index contributed by atoms with van der Waals surface area (Å²) < 4.78 is 0. The molecule has 2 aliphatic carbocycles. The van der Waals surface area contributed by atoms with Crippen LogP contribution in [0.2, 0.25) is 0 Å². The van der Waals surface area contributed by atoms with Crippen LogP contribution in [0.5, 0.6) is 0 Å². The van der Waals surface area contributed by atoms with Gasteiger partial charge in [-0.1, -0.05) is 65.2 Å². The maximum absolute atomic E-state index is 12.6. The second-order valence-electron chi connectivity index (χ2n) is 11.9. The lowest BCUT2D eigenvalue weighted by molar-refractivity contribution is 0.0681. The highest BCUT2D eigenvalue weighted by Gasteiger charge is 2.38. The number of anilines is 1. The normalized spacial score (nSPS) is 18.4. The van der Waals surface area contributed by atoms with Crippen LogP contribution in [0.15, 0.2) is 24.3 Å². The van der Waals surface area contributed by atoms with E-state index in [9.17, 15) is 29.7 Å². The van der Waals surface area contributed by atoms with E-state index in [-0.39, 0.29) is 39.5 Å². The van der Waals surface area contributed by atoms with Crippen LogP contribution in [-0.2, 0) is 0 Å². The van der Waals surface area contributed by atoms with Gasteiger partial charge in [0.1, 0.15) is 0 Å². The SMILES string of the molecule is CCCC(C1CCCCC1)N(c1ccc(C(=O)O)c2c(C(=O)O)ccc(C(=O)O)c12)C(CCC)C1CCCCC1. The van der Waals surface area contributed by atoms with Gasteiger partial charge in [-0.2, -0.15) is 0 Å². The summed E-state index contributed by atoms with van der Waals surface area (Å²) >= 11 is 0. The predicted molar refractivity (Wildman–Crippen MR) is 158 cm³/mol. The first-order chi connectivity index (χ1) is 19.3. The van der Waals surface area contributed by atoms with Gasteiger partial charge in [-0.25, -0.2) is 14.4 Å². The molecule has 2 aromatic rings. The molecule has 0 saturated heterocycles. The zero-order chi connectivity index (χ0) is 28.8. The van der Waals surface area contributed by atoms with Crippen LogP contribution < -0.4 is 4.90 Å². The van der Waals surface area contributed by atoms with Crippen molar-refractivity contribution in [1.29, 1.82) is 0 Å². The van der Waals surface area contributed by atoms with Crippen molar-refractivity contribution in [3.63, 3.8) is 0 Å². The highest BCUT2D eigenvalue weighted by molar-refractivity contribution is 6.20. The van der Waals surface area contributed by atoms with Crippen molar-refractivity contribution in [3.8, 4) is 0 Å². The number of aromatic carboxylic acids is 3. The zero-order valence-electron chi connectivity index (χ0n) is 24.0. The Labute approximate surface area is 237 Å². The molecular weight excluding hydrogens is 506 g/mol. The number of hydrogen-bond acceptors (Lipinski definition) is 4. The zero-order valence-corrected chi connectivity index (χ0v) is 24.0. The van der Waals surface area contributed by atoms with Gasteiger partial charge in [0, 0.05) is 28.5 Å². The summed E-state index contributed by atoms with van der Waals surface area (Å²) in [4.78, 5) is 39.9. The van der Waals surface area contributed by atoms with E-state index in [0.717, 1.165) is 51.4 Å². The molecule has 0 heterocycles. The molecule has 2 aliphatic rings. The Kier molecular flexibility index (Phi) is 10.1. The van der Waals surface area contributed by atoms with Gasteiger partial charge in [0.25, 0.3) is 0 Å². The van der Waals surface area contributed by atoms with Crippen molar-refractivity contribution in [3.05, 3.63) is 41.0 Å². The van der Waals surface area contributed by atoms with Crippen LogP contribution in [0.4, 0.5) is 5.69 Å². The molecule has 2 unspecified atom stereocenters. The van der Waals surface area contributed by atoms with Gasteiger partial charge >= 0.3 is 17.9 Å². The number of benzene rings is 2. The molecule has 0 bridgehead atoms. The molecule has 40 heavy (non-hydrogen) atoms. The molecule has 2 fully saturated rings. The molecule has 0 aromatic heterocycles. The molecule has 4 rings (SSSR count). The number of hydrogen-bond donors (Lipinski definition) is 3. The van der Waals surface area contributed by atoms with E-state index in [1.54, 1.807) is 6.07 Å². The summed E-state index contributed by atoms with van der Waals surface area (Å²) in [5, 5.41) is 30.8. The van der Waals surface area contributed by atoms with Crippen molar-refractivity contribution in [1.82, 2.24) is 0 Å². The average Bonchev–Trinajstić information content (AvgIpc) is 2.96. The molecule has 7 heteroatoms. The maximum Gasteiger partial charge on any atom is 0.336 e. The van der Waals surface area contributed by atoms with E-state index < -0.39 is 17.9 Å². The topological polar surface area (TPSA) is 115 Å². The number of fused-ring (bicyclic) bond motifs is 1. The van der Waals surface area contributed by atoms with Crippen LogP contribution >= 0.6 is 0 Å². The van der Waals surface area contributed by atoms with Crippen LogP contribution in [0, 0.1) is 11.8 Å². The van der Waals surface area contributed by atoms with Crippen LogP contribution in [0.25, 0.3) is 10.8 Å². The van der Waals surface area contributed by atoms with Crippen molar-refractivity contribution < 1.29 is 29.7 Å². The van der Waals surface area contributed by atoms with Gasteiger partial charge in [0.15, 0.2) is 0 Å². The van der Waals surface area contributed by atoms with Crippen molar-refractivity contribution in [2.24, 2.45) is 11.8 Å². The first-order valence-electron chi connectivity index (χ1n) is 15.4. The minimum absolute atomic E-state index is 0.0141. The Morgan fingerprint density at radius 2 is 1.02 bits per heavy atom. The summed E-state index contributed by atoms with van der Waals surface area (Å²) in [6, 6.07) is 6.21. The van der Waals surface area contributed by atoms with Crippen LogP contribution in [0.3, 0.4) is 0 Å². The summed E-state index contributed by atoms with van der Waals surface area (Å²) in [6.45, 7) is 4.39. The van der Waals surface area contributed by atoms with Gasteiger partial charge in [0.05, 0.1) is 16.7 Å². The maximum atomic E-state index is 12.6. The van der Waals surface area contributed by atoms with E-state index in [4.69, 9.17) is 0 Å². The minimum atomic E-state index is -1.26. The van der Waals surface area contributed by atoms with E-state index in [1.165, 1.54) is 56.7 Å². The van der Waals surface area contributed by atoms with Crippen LogP contribution in [-0.4, -0.2) is 45.3 Å². The first-order valence-corrected chi connectivity index (χ1v) is 15.4. The third-order valence-corrected chi connectivity index (χ3v) is 9.38. The lowest BCUT2D eigenvalue weighted by Gasteiger charge is -2.48. The molecule has 0 radical (unpaired) electrons. The highest BCUT2D eigenvalue weighted by Crippen LogP contribution is 2.44. The molecule has 2 saturated carbocycles. The van der Waals surface area contributed by atoms with Gasteiger partial charge in [-0.05, 0) is 74.6 Å². The van der Waals surface area contributed by atoms with Gasteiger partial charge in [0.2, 0.25) is 0 Å². The van der Waals surface area contributed by atoms with E-state index in [1.807, 2.05) is 0 Å². The van der Waals surface area contributed by atoms with E-state index in [2.05, 4.69) is 18.7 Å². The number of carboxylic acid groups (broad SMARTS) is 3. The Morgan fingerprint density at radius 3 is 1.40 bits per heavy atom. The molecule has 0 aliphatic heterocycles. The fourth-order valence-electron chi connectivity index (χ4n) is 7.66. The van der Waals surface area contributed by atoms with Gasteiger partial charge in [-0.15, -0.1) is 0 Å². The summed E-state index contributed by atoms with van der Waals surface area (Å²) in [6.07, 6.45) is 15.6. The molecule has 0 spiro atoms. The molecule has 0 amide bonds. The molecule has 3 N–H and O–H groups in total. The third-order valence-electron chi connectivity index (χ3n) is 9.38. The highest BCUT2D eigenvalue weighted by atomic mass is 16.4. The molecule has 218 valence electrons. The fourth-order valence-corrected chi connectivity index (χ4v) is 7.66. The number of nitrogens with zero attached hydrogens (tertiary/aromatic N) is 1. The fraction of sp³-hybridized carbons (Fsp3) is 0.606. The van der Waals surface area contributed by atoms with Crippen molar-refractivity contribution in [2.75, 3.05) is 4.90 Å². The predicted octanol–water partition coefficient (Wildman–Crippen LogP) is 8.24. The van der Waals surface area contributed by atoms with Crippen molar-refractivity contribution in [2.45, 2.75) is 116 Å². The molecule has 2 atom stereocenters. The second-order valence-corrected chi connectivity index (χ2v) is 11.9. The monoisotopic (exact) mass is 551 g/mol. The average molecular weight is 552 g/mol. The smallest absolute Gasteiger partial charge is 0.336 e. The minimum Gasteiger partial charge on any atom is -0.478 e. The number of carboxylic acids is 3. The first kappa shape index (κ1) is 29.9. The standard InChI is InChI=1S/C33H45NO6/c1-3-11-26(21-13-7-5-8-14-21)34(27(12-4-2)22-15-9-6-10-16-22)28-20-19-24(32(37)38)29-23(31(35)36)17-18-25(30(28)29)33(39)40/h17-22,26-27H,3-16H2,1-2H3,(H,35,36)(H,37,38)(H,39,40). The number of carbonyl (C=O) groups is 3. The summed E-state index contributed by atoms with van der Waals surface area (Å²) in [5.74, 6) is -2.78. The van der Waals surface area contributed by atoms with E-state index >= 15 is 0 Å².